The van der Waals surface area contributed by atoms with Gasteiger partial charge in [0.1, 0.15) is 0 Å². The number of benzene rings is 3. The zero-order chi connectivity index (χ0) is 16.5. The Hall–Kier alpha value is -3.20. The van der Waals surface area contributed by atoms with Crippen molar-refractivity contribution in [3.05, 3.63) is 78.4 Å². The maximum absolute atomic E-state index is 11.7. The lowest BCUT2D eigenvalue weighted by Gasteiger charge is -2.11. The van der Waals surface area contributed by atoms with Gasteiger partial charge >= 0.3 is 5.97 Å². The Balaban J connectivity index is 2.01. The molecule has 0 saturated heterocycles. The van der Waals surface area contributed by atoms with E-state index in [1.807, 2.05) is 48.5 Å². The normalized spacial score (nSPS) is 10.9. The van der Waals surface area contributed by atoms with Crippen molar-refractivity contribution in [3.8, 4) is 11.1 Å². The maximum atomic E-state index is 11.7. The second kappa shape index (κ2) is 5.78. The van der Waals surface area contributed by atoms with E-state index in [9.17, 15) is 4.79 Å². The first-order valence-corrected chi connectivity index (χ1v) is 7.74. The minimum atomic E-state index is -0.328. The van der Waals surface area contributed by atoms with E-state index in [4.69, 9.17) is 9.72 Å². The number of ether oxygens (including phenoxy) is 1. The number of aromatic nitrogens is 1. The van der Waals surface area contributed by atoms with Gasteiger partial charge in [-0.2, -0.15) is 0 Å². The molecule has 0 unspecified atom stereocenters. The Morgan fingerprint density at radius 2 is 1.33 bits per heavy atom. The van der Waals surface area contributed by atoms with Crippen LogP contribution >= 0.6 is 0 Å². The van der Waals surface area contributed by atoms with Gasteiger partial charge in [-0.05, 0) is 29.8 Å². The summed E-state index contributed by atoms with van der Waals surface area (Å²) >= 11 is 0. The first kappa shape index (κ1) is 14.4. The van der Waals surface area contributed by atoms with Crippen molar-refractivity contribution in [2.45, 2.75) is 0 Å². The summed E-state index contributed by atoms with van der Waals surface area (Å²) in [6.45, 7) is 0. The zero-order valence-corrected chi connectivity index (χ0v) is 13.2. The number of methoxy groups -OCH3 is 1. The van der Waals surface area contributed by atoms with Crippen LogP contribution in [0.2, 0.25) is 0 Å². The molecule has 0 atom stereocenters. The van der Waals surface area contributed by atoms with Crippen molar-refractivity contribution in [2.75, 3.05) is 7.11 Å². The fraction of sp³-hybridized carbons (Fsp3) is 0.0476. The minimum Gasteiger partial charge on any atom is -0.465 e. The molecule has 0 aliphatic rings. The number of nitrogens with zero attached hydrogens (tertiary/aromatic N) is 1. The highest BCUT2D eigenvalue weighted by atomic mass is 16.5. The molecule has 3 aromatic carbocycles. The van der Waals surface area contributed by atoms with Crippen LogP contribution in [-0.2, 0) is 4.74 Å². The van der Waals surface area contributed by atoms with Gasteiger partial charge in [-0.25, -0.2) is 9.78 Å². The van der Waals surface area contributed by atoms with E-state index < -0.39 is 0 Å². The third-order valence-electron chi connectivity index (χ3n) is 4.18. The van der Waals surface area contributed by atoms with E-state index in [-0.39, 0.29) is 5.97 Å². The summed E-state index contributed by atoms with van der Waals surface area (Å²) in [7, 11) is 1.39. The standard InChI is InChI=1S/C21H15NO2/c1-24-21(23)15-12-10-14(11-13-15)20-16-6-2-4-8-18(16)22-19-9-5-3-7-17(19)20/h2-13H,1H3. The van der Waals surface area contributed by atoms with Gasteiger partial charge in [-0.3, -0.25) is 0 Å². The van der Waals surface area contributed by atoms with Crippen LogP contribution in [0.15, 0.2) is 72.8 Å². The summed E-state index contributed by atoms with van der Waals surface area (Å²) in [5, 5.41) is 2.20. The lowest BCUT2D eigenvalue weighted by molar-refractivity contribution is 0.0601. The molecule has 0 spiro atoms. The summed E-state index contributed by atoms with van der Waals surface area (Å²) < 4.78 is 4.77. The Morgan fingerprint density at radius 3 is 1.88 bits per heavy atom. The largest absolute Gasteiger partial charge is 0.465 e. The second-order valence-electron chi connectivity index (χ2n) is 5.59. The van der Waals surface area contributed by atoms with Gasteiger partial charge in [0, 0.05) is 16.3 Å². The molecular weight excluding hydrogens is 298 g/mol. The molecule has 0 N–H and O–H groups in total. The van der Waals surface area contributed by atoms with Crippen LogP contribution in [0.3, 0.4) is 0 Å². The van der Waals surface area contributed by atoms with Gasteiger partial charge in [0.25, 0.3) is 0 Å². The Morgan fingerprint density at radius 1 is 0.792 bits per heavy atom. The molecule has 0 bridgehead atoms. The van der Waals surface area contributed by atoms with Gasteiger partial charge in [-0.15, -0.1) is 0 Å². The van der Waals surface area contributed by atoms with Crippen molar-refractivity contribution in [3.63, 3.8) is 0 Å². The molecule has 0 aliphatic heterocycles. The molecule has 0 amide bonds. The van der Waals surface area contributed by atoms with E-state index >= 15 is 0 Å². The number of esters is 1. The summed E-state index contributed by atoms with van der Waals surface area (Å²) in [6, 6.07) is 23.7. The SMILES string of the molecule is COC(=O)c1ccc(-c2c3ccccc3nc3ccccc23)cc1. The Labute approximate surface area is 139 Å². The Bertz CT molecular complexity index is 998. The van der Waals surface area contributed by atoms with E-state index in [1.54, 1.807) is 12.1 Å². The van der Waals surface area contributed by atoms with Gasteiger partial charge in [0.05, 0.1) is 23.7 Å². The molecule has 0 fully saturated rings. The van der Waals surface area contributed by atoms with Gasteiger partial charge in [-0.1, -0.05) is 48.5 Å². The van der Waals surface area contributed by atoms with E-state index in [0.717, 1.165) is 32.9 Å². The molecule has 116 valence electrons. The number of para-hydroxylation sites is 2. The van der Waals surface area contributed by atoms with Crippen molar-refractivity contribution in [1.29, 1.82) is 0 Å². The number of carbonyl (C=O) groups excluding carboxylic acids is 1. The summed E-state index contributed by atoms with van der Waals surface area (Å²) in [5.41, 5.74) is 4.65. The fourth-order valence-corrected chi connectivity index (χ4v) is 3.04. The molecule has 4 aromatic rings. The van der Waals surface area contributed by atoms with Crippen LogP contribution in [0.25, 0.3) is 32.9 Å². The molecule has 3 nitrogen and oxygen atoms in total. The third kappa shape index (κ3) is 2.31. The van der Waals surface area contributed by atoms with Crippen molar-refractivity contribution in [2.24, 2.45) is 0 Å². The number of fused-ring (bicyclic) bond motifs is 2. The lowest BCUT2D eigenvalue weighted by atomic mass is 9.95. The average molecular weight is 313 g/mol. The molecule has 4 rings (SSSR count). The topological polar surface area (TPSA) is 39.2 Å². The predicted molar refractivity (Wildman–Crippen MR) is 96.0 cm³/mol. The van der Waals surface area contributed by atoms with Crippen LogP contribution in [0.1, 0.15) is 10.4 Å². The number of hydrogen-bond donors (Lipinski definition) is 0. The van der Waals surface area contributed by atoms with Crippen LogP contribution < -0.4 is 0 Å². The summed E-state index contributed by atoms with van der Waals surface area (Å²) in [6.07, 6.45) is 0. The molecular formula is C21H15NO2. The number of carbonyl (C=O) groups is 1. The zero-order valence-electron chi connectivity index (χ0n) is 13.2. The van der Waals surface area contributed by atoms with Gasteiger partial charge < -0.3 is 4.74 Å². The highest BCUT2D eigenvalue weighted by molar-refractivity contribution is 6.09. The molecule has 1 aromatic heterocycles. The van der Waals surface area contributed by atoms with Crippen molar-refractivity contribution in [1.82, 2.24) is 4.98 Å². The van der Waals surface area contributed by atoms with Crippen LogP contribution in [0.5, 0.6) is 0 Å². The second-order valence-corrected chi connectivity index (χ2v) is 5.59. The van der Waals surface area contributed by atoms with Crippen molar-refractivity contribution < 1.29 is 9.53 Å². The minimum absolute atomic E-state index is 0.328. The smallest absolute Gasteiger partial charge is 0.337 e. The van der Waals surface area contributed by atoms with Gasteiger partial charge in [0.2, 0.25) is 0 Å². The monoisotopic (exact) mass is 313 g/mol. The third-order valence-corrected chi connectivity index (χ3v) is 4.18. The fourth-order valence-electron chi connectivity index (χ4n) is 3.04. The summed E-state index contributed by atoms with van der Waals surface area (Å²) in [4.78, 5) is 16.4. The Kier molecular flexibility index (Phi) is 3.47. The molecule has 1 heterocycles. The number of pyridine rings is 1. The molecule has 0 aliphatic carbocycles. The number of rotatable bonds is 2. The molecule has 3 heteroatoms. The van der Waals surface area contributed by atoms with Crippen LogP contribution in [0, 0.1) is 0 Å². The molecule has 0 radical (unpaired) electrons. The van der Waals surface area contributed by atoms with E-state index in [0.29, 0.717) is 5.56 Å². The highest BCUT2D eigenvalue weighted by Crippen LogP contribution is 2.34. The average Bonchev–Trinajstić information content (AvgIpc) is 2.65. The first-order valence-electron chi connectivity index (χ1n) is 7.74. The molecule has 24 heavy (non-hydrogen) atoms. The van der Waals surface area contributed by atoms with Crippen LogP contribution in [0.4, 0.5) is 0 Å². The van der Waals surface area contributed by atoms with E-state index in [2.05, 4.69) is 12.1 Å². The quantitative estimate of drug-likeness (QED) is 0.392. The van der Waals surface area contributed by atoms with Crippen molar-refractivity contribution >= 4 is 27.8 Å². The van der Waals surface area contributed by atoms with Crippen LogP contribution in [-0.4, -0.2) is 18.1 Å². The molecule has 0 saturated carbocycles. The predicted octanol–water partition coefficient (Wildman–Crippen LogP) is 4.84. The lowest BCUT2D eigenvalue weighted by Crippen LogP contribution is -2.00. The maximum Gasteiger partial charge on any atom is 0.337 e. The van der Waals surface area contributed by atoms with Gasteiger partial charge in [0.15, 0.2) is 0 Å². The highest BCUT2D eigenvalue weighted by Gasteiger charge is 2.12. The van der Waals surface area contributed by atoms with E-state index in [1.165, 1.54) is 7.11 Å². The summed E-state index contributed by atoms with van der Waals surface area (Å²) in [5.74, 6) is -0.328. The first-order chi connectivity index (χ1) is 11.8. The number of hydrogen-bond acceptors (Lipinski definition) is 3.